The molecule has 0 radical (unpaired) electrons. The Balaban J connectivity index is 1.43. The molecule has 1 aromatic carbocycles. The Morgan fingerprint density at radius 3 is 2.64 bits per heavy atom. The average Bonchev–Trinajstić information content (AvgIpc) is 3.56. The Hall–Kier alpha value is -1.79. The van der Waals surface area contributed by atoms with Crippen LogP contribution in [-0.2, 0) is 16.0 Å². The lowest BCUT2D eigenvalue weighted by atomic mass is 10.1. The van der Waals surface area contributed by atoms with E-state index in [0.717, 1.165) is 76.3 Å². The highest BCUT2D eigenvalue weighted by molar-refractivity contribution is 5.80. The zero-order valence-electron chi connectivity index (χ0n) is 17.4. The van der Waals surface area contributed by atoms with Crippen LogP contribution in [0.3, 0.4) is 0 Å². The molecule has 0 bridgehead atoms. The summed E-state index contributed by atoms with van der Waals surface area (Å²) >= 11 is 0. The quantitative estimate of drug-likeness (QED) is 0.379. The number of piperidine rings is 1. The number of ether oxygens (including phenoxy) is 3. The summed E-state index contributed by atoms with van der Waals surface area (Å²) in [5.74, 6) is 2.70. The second-order valence-electron chi connectivity index (χ2n) is 7.67. The Kier molecular flexibility index (Phi) is 8.42. The molecule has 1 saturated heterocycles. The maximum atomic E-state index is 6.02. The fourth-order valence-electron chi connectivity index (χ4n) is 3.48. The number of nitrogens with zero attached hydrogens (tertiary/aromatic N) is 2. The third kappa shape index (κ3) is 6.67. The van der Waals surface area contributed by atoms with Gasteiger partial charge in [0.25, 0.3) is 0 Å². The standard InChI is InChI=1S/C22H35N3O3/c1-23-22(25-12-10-20(11-13-25)27-15-5-14-26-2)24-16-19-6-3-4-7-21(19)28-17-18-8-9-18/h3-4,6-7,18,20H,5,8-17H2,1-2H3,(H,23,24). The summed E-state index contributed by atoms with van der Waals surface area (Å²) in [4.78, 5) is 6.81. The minimum Gasteiger partial charge on any atom is -0.493 e. The van der Waals surface area contributed by atoms with Crippen LogP contribution < -0.4 is 10.1 Å². The summed E-state index contributed by atoms with van der Waals surface area (Å²) in [6.07, 6.45) is 5.99. The molecule has 0 amide bonds. The van der Waals surface area contributed by atoms with Crippen LogP contribution >= 0.6 is 0 Å². The van der Waals surface area contributed by atoms with E-state index >= 15 is 0 Å². The fourth-order valence-corrected chi connectivity index (χ4v) is 3.48. The lowest BCUT2D eigenvalue weighted by Gasteiger charge is -2.34. The molecule has 28 heavy (non-hydrogen) atoms. The molecule has 1 aliphatic heterocycles. The van der Waals surface area contributed by atoms with Crippen LogP contribution in [0, 0.1) is 5.92 Å². The first kappa shape index (κ1) is 20.9. The van der Waals surface area contributed by atoms with Crippen LogP contribution in [0.5, 0.6) is 5.75 Å². The molecule has 0 atom stereocenters. The molecule has 6 nitrogen and oxygen atoms in total. The van der Waals surface area contributed by atoms with E-state index < -0.39 is 0 Å². The molecule has 1 aromatic rings. The van der Waals surface area contributed by atoms with Crippen LogP contribution in [0.1, 0.15) is 37.7 Å². The van der Waals surface area contributed by atoms with Gasteiger partial charge in [-0.05, 0) is 44.1 Å². The highest BCUT2D eigenvalue weighted by atomic mass is 16.5. The van der Waals surface area contributed by atoms with Crippen molar-refractivity contribution in [3.63, 3.8) is 0 Å². The van der Waals surface area contributed by atoms with Gasteiger partial charge in [-0.1, -0.05) is 18.2 Å². The summed E-state index contributed by atoms with van der Waals surface area (Å²) < 4.78 is 17.1. The van der Waals surface area contributed by atoms with E-state index in [0.29, 0.717) is 6.10 Å². The minimum absolute atomic E-state index is 0.350. The first-order valence-corrected chi connectivity index (χ1v) is 10.6. The molecule has 0 spiro atoms. The van der Waals surface area contributed by atoms with Crippen LogP contribution in [0.2, 0.25) is 0 Å². The minimum atomic E-state index is 0.350. The van der Waals surface area contributed by atoms with Crippen LogP contribution in [0.4, 0.5) is 0 Å². The molecule has 2 fully saturated rings. The Labute approximate surface area is 169 Å². The zero-order valence-corrected chi connectivity index (χ0v) is 17.4. The lowest BCUT2D eigenvalue weighted by molar-refractivity contribution is 0.00989. The van der Waals surface area contributed by atoms with E-state index in [1.54, 1.807) is 7.11 Å². The average molecular weight is 390 g/mol. The third-order valence-electron chi connectivity index (χ3n) is 5.38. The summed E-state index contributed by atoms with van der Waals surface area (Å²) in [6, 6.07) is 8.30. The van der Waals surface area contributed by atoms with Gasteiger partial charge in [0.2, 0.25) is 0 Å². The molecular formula is C22H35N3O3. The van der Waals surface area contributed by atoms with E-state index in [2.05, 4.69) is 33.4 Å². The van der Waals surface area contributed by atoms with E-state index in [9.17, 15) is 0 Å². The van der Waals surface area contributed by atoms with Gasteiger partial charge in [0.05, 0.1) is 12.7 Å². The monoisotopic (exact) mass is 389 g/mol. The highest BCUT2D eigenvalue weighted by Gasteiger charge is 2.23. The van der Waals surface area contributed by atoms with E-state index in [-0.39, 0.29) is 0 Å². The molecule has 1 heterocycles. The predicted octanol–water partition coefficient (Wildman–Crippen LogP) is 3.07. The zero-order chi connectivity index (χ0) is 19.6. The molecule has 1 saturated carbocycles. The fraction of sp³-hybridized carbons (Fsp3) is 0.682. The van der Waals surface area contributed by atoms with Crippen molar-refractivity contribution in [2.45, 2.75) is 44.8 Å². The van der Waals surface area contributed by atoms with Gasteiger partial charge in [-0.2, -0.15) is 0 Å². The van der Waals surface area contributed by atoms with Crippen LogP contribution in [0.25, 0.3) is 0 Å². The molecule has 0 unspecified atom stereocenters. The van der Waals surface area contributed by atoms with Crippen molar-refractivity contribution in [2.24, 2.45) is 10.9 Å². The lowest BCUT2D eigenvalue weighted by Crippen LogP contribution is -2.46. The van der Waals surface area contributed by atoms with Crippen molar-refractivity contribution in [2.75, 3.05) is 47.1 Å². The number of guanidine groups is 1. The van der Waals surface area contributed by atoms with Crippen molar-refractivity contribution in [3.05, 3.63) is 29.8 Å². The largest absolute Gasteiger partial charge is 0.493 e. The summed E-state index contributed by atoms with van der Waals surface area (Å²) in [6.45, 7) is 5.04. The van der Waals surface area contributed by atoms with Crippen LogP contribution in [0.15, 0.2) is 29.3 Å². The van der Waals surface area contributed by atoms with Gasteiger partial charge in [-0.3, -0.25) is 4.99 Å². The molecular weight excluding hydrogens is 354 g/mol. The molecule has 156 valence electrons. The summed E-state index contributed by atoms with van der Waals surface area (Å²) in [7, 11) is 3.58. The molecule has 2 aliphatic rings. The van der Waals surface area contributed by atoms with Gasteiger partial charge in [0.15, 0.2) is 5.96 Å². The SMILES string of the molecule is CN=C(NCc1ccccc1OCC1CC1)N1CCC(OCCCOC)CC1. The number of rotatable bonds is 10. The number of hydrogen-bond acceptors (Lipinski definition) is 4. The van der Waals surface area contributed by atoms with Crippen molar-refractivity contribution >= 4 is 5.96 Å². The second-order valence-corrected chi connectivity index (χ2v) is 7.67. The molecule has 6 heteroatoms. The Bertz CT molecular complexity index is 611. The number of aliphatic imine (C=N–C) groups is 1. The van der Waals surface area contributed by atoms with Gasteiger partial charge in [0, 0.05) is 52.6 Å². The van der Waals surface area contributed by atoms with Crippen molar-refractivity contribution in [1.82, 2.24) is 10.2 Å². The molecule has 1 N–H and O–H groups in total. The highest BCUT2D eigenvalue weighted by Crippen LogP contribution is 2.30. The number of hydrogen-bond donors (Lipinski definition) is 1. The van der Waals surface area contributed by atoms with E-state index in [1.807, 2.05) is 13.1 Å². The molecule has 0 aromatic heterocycles. The normalized spacial score (nSPS) is 18.4. The second kappa shape index (κ2) is 11.3. The topological polar surface area (TPSA) is 55.3 Å². The number of likely N-dealkylation sites (tertiary alicyclic amines) is 1. The summed E-state index contributed by atoms with van der Waals surface area (Å²) in [5, 5.41) is 3.51. The Morgan fingerprint density at radius 1 is 1.14 bits per heavy atom. The van der Waals surface area contributed by atoms with Crippen LogP contribution in [-0.4, -0.2) is 64.0 Å². The summed E-state index contributed by atoms with van der Waals surface area (Å²) in [5.41, 5.74) is 1.18. The van der Waals surface area contributed by atoms with Crippen molar-refractivity contribution < 1.29 is 14.2 Å². The molecule has 3 rings (SSSR count). The predicted molar refractivity (Wildman–Crippen MR) is 112 cm³/mol. The maximum Gasteiger partial charge on any atom is 0.193 e. The van der Waals surface area contributed by atoms with E-state index in [1.165, 1.54) is 18.4 Å². The Morgan fingerprint density at radius 2 is 1.93 bits per heavy atom. The van der Waals surface area contributed by atoms with Gasteiger partial charge < -0.3 is 24.4 Å². The van der Waals surface area contributed by atoms with Crippen molar-refractivity contribution in [3.8, 4) is 5.75 Å². The van der Waals surface area contributed by atoms with E-state index in [4.69, 9.17) is 14.2 Å². The van der Waals surface area contributed by atoms with Gasteiger partial charge in [-0.25, -0.2) is 0 Å². The number of nitrogens with one attached hydrogen (secondary N) is 1. The number of para-hydroxylation sites is 1. The third-order valence-corrected chi connectivity index (χ3v) is 5.38. The molecule has 1 aliphatic carbocycles. The van der Waals surface area contributed by atoms with Crippen molar-refractivity contribution in [1.29, 1.82) is 0 Å². The van der Waals surface area contributed by atoms with Gasteiger partial charge in [-0.15, -0.1) is 0 Å². The maximum absolute atomic E-state index is 6.02. The first-order chi connectivity index (χ1) is 13.8. The van der Waals surface area contributed by atoms with Gasteiger partial charge in [0.1, 0.15) is 5.75 Å². The van der Waals surface area contributed by atoms with Gasteiger partial charge >= 0.3 is 0 Å². The number of methoxy groups -OCH3 is 1. The smallest absolute Gasteiger partial charge is 0.193 e. The first-order valence-electron chi connectivity index (χ1n) is 10.6. The number of benzene rings is 1.